The summed E-state index contributed by atoms with van der Waals surface area (Å²) in [5, 5.41) is 0. The van der Waals surface area contributed by atoms with Gasteiger partial charge >= 0.3 is 6.07 Å². The number of hydrogen-bond acceptors (Lipinski definition) is 1. The van der Waals surface area contributed by atoms with Gasteiger partial charge in [-0.2, -0.15) is 0 Å². The molecule has 0 radical (unpaired) electrons. The van der Waals surface area contributed by atoms with E-state index in [1.54, 1.807) is 0 Å². The lowest BCUT2D eigenvalue weighted by Crippen LogP contribution is -2.81. The van der Waals surface area contributed by atoms with Gasteiger partial charge in [0.05, 0.1) is 4.95 Å². The molecule has 2 nitrogen and oxygen atoms in total. The molecular formula is C50H33BF20N2Si2. The Labute approximate surface area is 415 Å². The lowest BCUT2D eigenvalue weighted by Gasteiger charge is -2.44. The first-order valence-corrected chi connectivity index (χ1v) is 28.4. The Morgan fingerprint density at radius 1 is 0.307 bits per heavy atom. The second kappa shape index (κ2) is 20.9. The Morgan fingerprint density at radius 3 is 0.653 bits per heavy atom. The van der Waals surface area contributed by atoms with Crippen molar-refractivity contribution in [3.8, 4) is 6.07 Å². The smallest absolute Gasteiger partial charge is 0.207 e. The van der Waals surface area contributed by atoms with E-state index in [2.05, 4.69) is 141 Å². The summed E-state index contributed by atoms with van der Waals surface area (Å²) in [5.41, 5.74) is -11.4. The molecule has 0 aliphatic carbocycles. The molecule has 7 aromatic rings. The zero-order valence-corrected chi connectivity index (χ0v) is 41.2. The van der Waals surface area contributed by atoms with Crippen LogP contribution in [-0.4, -0.2) is 27.0 Å². The standard InChI is InChI=1S/C26H33N2Si2.C24BF20/c1-29(2,3)28(30(4,5)6)27-22-26(23-16-10-7-11-17-23,24-18-12-8-13-19-24)25-20-14-9-15-21-25;26-5-1(6(27)14(35)21(42)13(5)34)25(2-7(28)15(36)22(43)16(37)8(2)29,3-9(30)17(38)23(44)18(39)10(3)31)4-11(32)19(40)24(45)20(41)12(4)33/h7-21H,1-6H3;/q+1;-1. The molecular weight excluding hydrogens is 1080 g/mol. The lowest BCUT2D eigenvalue weighted by molar-refractivity contribution is 0.378. The zero-order chi connectivity index (χ0) is 56.2. The molecule has 0 atom stereocenters. The zero-order valence-electron chi connectivity index (χ0n) is 39.2. The monoisotopic (exact) mass is 1110 g/mol. The lowest BCUT2D eigenvalue weighted by atomic mass is 9.12. The number of rotatable bonds is 9. The van der Waals surface area contributed by atoms with Gasteiger partial charge in [-0.15, -0.1) is 26.2 Å². The van der Waals surface area contributed by atoms with Crippen LogP contribution in [-0.2, 0) is 5.41 Å². The predicted molar refractivity (Wildman–Crippen MR) is 244 cm³/mol. The Hall–Kier alpha value is -7.07. The summed E-state index contributed by atoms with van der Waals surface area (Å²) in [7, 11) is -3.32. The van der Waals surface area contributed by atoms with E-state index in [1.807, 2.05) is 0 Å². The maximum atomic E-state index is 15.4. The van der Waals surface area contributed by atoms with Gasteiger partial charge < -0.3 is 0 Å². The van der Waals surface area contributed by atoms with Crippen LogP contribution in [0.4, 0.5) is 87.8 Å². The molecule has 25 heteroatoms. The highest BCUT2D eigenvalue weighted by Gasteiger charge is 2.53. The van der Waals surface area contributed by atoms with Gasteiger partial charge in [0.1, 0.15) is 52.7 Å². The third-order valence-corrected chi connectivity index (χ3v) is 18.7. The van der Waals surface area contributed by atoms with Crippen LogP contribution < -0.4 is 21.9 Å². The van der Waals surface area contributed by atoms with Gasteiger partial charge in [-0.05, 0) is 56.0 Å². The average molecular weight is 1110 g/mol. The van der Waals surface area contributed by atoms with Crippen molar-refractivity contribution in [2.24, 2.45) is 0 Å². The summed E-state index contributed by atoms with van der Waals surface area (Å²) in [6.07, 6.45) is -7.22. The molecule has 0 aromatic heterocycles. The average Bonchev–Trinajstić information content (AvgIpc) is 3.37. The molecule has 7 aromatic carbocycles. The van der Waals surface area contributed by atoms with Gasteiger partial charge in [-0.1, -0.05) is 91.0 Å². The molecule has 0 unspecified atom stereocenters. The van der Waals surface area contributed by atoms with E-state index in [4.69, 9.17) is 4.95 Å². The molecule has 394 valence electrons. The minimum absolute atomic E-state index is 0.568. The first kappa shape index (κ1) is 57.2. The normalized spacial score (nSPS) is 12.0. The van der Waals surface area contributed by atoms with E-state index in [1.165, 1.54) is 16.7 Å². The second-order valence-corrected chi connectivity index (χ2v) is 28.5. The summed E-state index contributed by atoms with van der Waals surface area (Å²) in [6, 6.07) is 35.7. The van der Waals surface area contributed by atoms with Crippen LogP contribution in [0.25, 0.3) is 4.95 Å². The van der Waals surface area contributed by atoms with Crippen LogP contribution in [0.5, 0.6) is 0 Å². The fourth-order valence-corrected chi connectivity index (χ4v) is 17.8. The van der Waals surface area contributed by atoms with E-state index < -0.39 is 166 Å². The Morgan fingerprint density at radius 2 is 0.480 bits per heavy atom. The number of halogens is 20. The van der Waals surface area contributed by atoms with Crippen molar-refractivity contribution >= 4 is 44.5 Å². The van der Waals surface area contributed by atoms with Crippen molar-refractivity contribution in [3.63, 3.8) is 0 Å². The Kier molecular flexibility index (Phi) is 16.0. The second-order valence-electron chi connectivity index (χ2n) is 18.5. The topological polar surface area (TPSA) is 7.60 Å². The quantitative estimate of drug-likeness (QED) is 0.0349. The number of hydrogen-bond donors (Lipinski definition) is 0. The molecule has 0 bridgehead atoms. The van der Waals surface area contributed by atoms with Gasteiger partial charge in [-0.25, -0.2) is 87.8 Å². The van der Waals surface area contributed by atoms with E-state index in [0.717, 1.165) is 0 Å². The molecule has 0 amide bonds. The molecule has 0 saturated heterocycles. The third kappa shape index (κ3) is 9.44. The predicted octanol–water partition coefficient (Wildman–Crippen LogP) is 13.1. The van der Waals surface area contributed by atoms with Gasteiger partial charge in [0, 0.05) is 0 Å². The van der Waals surface area contributed by atoms with Crippen LogP contribution in [0, 0.1) is 122 Å². The van der Waals surface area contributed by atoms with Crippen LogP contribution in [0.3, 0.4) is 0 Å². The number of nitrogens with zero attached hydrogens (tertiary/aromatic N) is 2. The minimum atomic E-state index is -7.22. The van der Waals surface area contributed by atoms with Crippen LogP contribution in [0.2, 0.25) is 39.3 Å². The van der Waals surface area contributed by atoms with E-state index in [0.29, 0.717) is 0 Å². The van der Waals surface area contributed by atoms with Crippen LogP contribution >= 0.6 is 0 Å². The Bertz CT molecular complexity index is 2930. The van der Waals surface area contributed by atoms with Gasteiger partial charge in [0.15, 0.2) is 75.2 Å². The summed E-state index contributed by atoms with van der Waals surface area (Å²) in [5.74, 6) is -71.4. The largest absolute Gasteiger partial charge is 0.338 e. The molecule has 0 saturated carbocycles. The molecule has 0 heterocycles. The highest BCUT2D eigenvalue weighted by molar-refractivity contribution is 7.20. The first-order valence-electron chi connectivity index (χ1n) is 21.5. The summed E-state index contributed by atoms with van der Waals surface area (Å²) in [4.78, 5) is 5.17. The summed E-state index contributed by atoms with van der Waals surface area (Å²) in [6.45, 7) is 14.2. The first-order chi connectivity index (χ1) is 34.9. The van der Waals surface area contributed by atoms with Gasteiger partial charge in [0.2, 0.25) is 16.5 Å². The van der Waals surface area contributed by atoms with Gasteiger partial charge in [-0.3, -0.25) is 0 Å². The molecule has 75 heavy (non-hydrogen) atoms. The van der Waals surface area contributed by atoms with E-state index in [-0.39, 0.29) is 0 Å². The Balaban J connectivity index is 0.000000264. The number of benzene rings is 7. The van der Waals surface area contributed by atoms with Crippen LogP contribution in [0.15, 0.2) is 91.0 Å². The third-order valence-electron chi connectivity index (χ3n) is 11.9. The SMILES string of the molecule is C[Si](C)(C)N([N+]#CC(c1ccccc1)(c1ccccc1)c1ccccc1)[Si](C)(C)C.Fc1c(F)c(F)c([B-](c2c(F)c(F)c(F)c(F)c2F)(c2c(F)c(F)c(F)c(F)c2F)c2c(F)c(F)c(F)c(F)c2F)c(F)c1F. The molecule has 0 spiro atoms. The van der Waals surface area contributed by atoms with Crippen molar-refractivity contribution < 1.29 is 87.8 Å². The van der Waals surface area contributed by atoms with Crippen molar-refractivity contribution in [1.29, 1.82) is 0 Å². The molecule has 0 aliphatic rings. The van der Waals surface area contributed by atoms with Crippen molar-refractivity contribution in [1.82, 2.24) is 4.34 Å². The van der Waals surface area contributed by atoms with Crippen LogP contribution in [0.1, 0.15) is 16.7 Å². The maximum Gasteiger partial charge on any atom is 0.338 e. The fraction of sp³-hybridized carbons (Fsp3) is 0.140. The fourth-order valence-electron chi connectivity index (χ4n) is 9.06. The summed E-state index contributed by atoms with van der Waals surface area (Å²) >= 11 is 0. The molecule has 0 N–H and O–H groups in total. The molecule has 7 rings (SSSR count). The van der Waals surface area contributed by atoms with Crippen molar-refractivity contribution in [2.75, 3.05) is 0 Å². The summed E-state index contributed by atoms with van der Waals surface area (Å²) < 4.78 is 296. The van der Waals surface area contributed by atoms with E-state index >= 15 is 35.1 Å². The highest BCUT2D eigenvalue weighted by atomic mass is 28.4. The maximum absolute atomic E-state index is 15.4. The highest BCUT2D eigenvalue weighted by Crippen LogP contribution is 2.40. The van der Waals surface area contributed by atoms with Gasteiger partial charge in [0.25, 0.3) is 0 Å². The molecule has 0 aliphatic heterocycles. The van der Waals surface area contributed by atoms with E-state index in [9.17, 15) is 52.7 Å². The van der Waals surface area contributed by atoms with Crippen molar-refractivity contribution in [3.05, 3.63) is 229 Å². The van der Waals surface area contributed by atoms with Crippen molar-refractivity contribution in [2.45, 2.75) is 44.7 Å². The molecule has 0 fully saturated rings. The minimum Gasteiger partial charge on any atom is -0.207 e.